The van der Waals surface area contributed by atoms with Crippen molar-refractivity contribution >= 4 is 0 Å². The average Bonchev–Trinajstić information content (AvgIpc) is 2.38. The van der Waals surface area contributed by atoms with Crippen molar-refractivity contribution in [2.75, 3.05) is 20.1 Å². The largest absolute Gasteiger partial charge is 0.309 e. The first-order chi connectivity index (χ1) is 9.00. The van der Waals surface area contributed by atoms with E-state index < -0.39 is 0 Å². The first-order valence-corrected chi connectivity index (χ1v) is 7.05. The van der Waals surface area contributed by atoms with Crippen LogP contribution < -0.4 is 5.32 Å². The highest BCUT2D eigenvalue weighted by atomic mass is 19.1. The first kappa shape index (κ1) is 16.1. The molecule has 0 spiro atoms. The summed E-state index contributed by atoms with van der Waals surface area (Å²) >= 11 is 0. The SMILES string of the molecule is CC(NCCCCN(C)C(C)C)c1ccc(F)cn1. The van der Waals surface area contributed by atoms with E-state index in [2.05, 4.69) is 43.0 Å². The quantitative estimate of drug-likeness (QED) is 0.734. The molecule has 0 aliphatic rings. The summed E-state index contributed by atoms with van der Waals surface area (Å²) in [4.78, 5) is 6.43. The van der Waals surface area contributed by atoms with Gasteiger partial charge in [-0.2, -0.15) is 0 Å². The molecule has 19 heavy (non-hydrogen) atoms. The van der Waals surface area contributed by atoms with Crippen LogP contribution in [0.3, 0.4) is 0 Å². The van der Waals surface area contributed by atoms with Crippen LogP contribution in [-0.2, 0) is 0 Å². The van der Waals surface area contributed by atoms with Gasteiger partial charge >= 0.3 is 0 Å². The number of halogens is 1. The van der Waals surface area contributed by atoms with Crippen molar-refractivity contribution in [3.63, 3.8) is 0 Å². The Bertz CT molecular complexity index is 351. The Balaban J connectivity index is 2.17. The molecule has 1 N–H and O–H groups in total. The van der Waals surface area contributed by atoms with Crippen LogP contribution in [-0.4, -0.2) is 36.1 Å². The lowest BCUT2D eigenvalue weighted by molar-refractivity contribution is 0.267. The van der Waals surface area contributed by atoms with Crippen LogP contribution in [0.4, 0.5) is 4.39 Å². The summed E-state index contributed by atoms with van der Waals surface area (Å²) in [5, 5.41) is 3.42. The number of hydrogen-bond donors (Lipinski definition) is 1. The van der Waals surface area contributed by atoms with Gasteiger partial charge in [-0.3, -0.25) is 4.98 Å². The predicted octanol–water partition coefficient (Wildman–Crippen LogP) is 2.99. The molecule has 1 atom stereocenters. The van der Waals surface area contributed by atoms with Gasteiger partial charge in [-0.25, -0.2) is 4.39 Å². The molecule has 1 aromatic rings. The molecule has 0 aromatic carbocycles. The van der Waals surface area contributed by atoms with Crippen LogP contribution in [0.1, 0.15) is 45.3 Å². The minimum Gasteiger partial charge on any atom is -0.309 e. The second-order valence-electron chi connectivity index (χ2n) is 5.36. The number of unbranched alkanes of at least 4 members (excludes halogenated alkanes) is 1. The van der Waals surface area contributed by atoms with E-state index in [4.69, 9.17) is 0 Å². The molecule has 1 unspecified atom stereocenters. The Morgan fingerprint density at radius 2 is 2.00 bits per heavy atom. The molecule has 1 rings (SSSR count). The fourth-order valence-corrected chi connectivity index (χ4v) is 1.81. The fourth-order valence-electron chi connectivity index (χ4n) is 1.81. The third kappa shape index (κ3) is 6.12. The summed E-state index contributed by atoms with van der Waals surface area (Å²) in [6, 6.07) is 3.97. The fraction of sp³-hybridized carbons (Fsp3) is 0.667. The first-order valence-electron chi connectivity index (χ1n) is 7.05. The number of hydrogen-bond acceptors (Lipinski definition) is 3. The van der Waals surface area contributed by atoms with E-state index in [9.17, 15) is 4.39 Å². The molecular formula is C15H26FN3. The maximum atomic E-state index is 12.8. The van der Waals surface area contributed by atoms with Gasteiger partial charge in [0.05, 0.1) is 11.9 Å². The maximum Gasteiger partial charge on any atom is 0.141 e. The maximum absolute atomic E-state index is 12.8. The van der Waals surface area contributed by atoms with Gasteiger partial charge in [-0.1, -0.05) is 0 Å². The van der Waals surface area contributed by atoms with E-state index >= 15 is 0 Å². The molecule has 0 radical (unpaired) electrons. The molecule has 108 valence electrons. The van der Waals surface area contributed by atoms with Crippen molar-refractivity contribution in [3.05, 3.63) is 29.8 Å². The summed E-state index contributed by atoms with van der Waals surface area (Å²) in [5.74, 6) is -0.285. The zero-order valence-electron chi connectivity index (χ0n) is 12.5. The number of nitrogens with one attached hydrogen (secondary N) is 1. The zero-order valence-corrected chi connectivity index (χ0v) is 12.5. The number of pyridine rings is 1. The van der Waals surface area contributed by atoms with Crippen molar-refractivity contribution < 1.29 is 4.39 Å². The van der Waals surface area contributed by atoms with E-state index in [1.165, 1.54) is 18.7 Å². The van der Waals surface area contributed by atoms with Gasteiger partial charge in [0.2, 0.25) is 0 Å². The molecule has 1 heterocycles. The van der Waals surface area contributed by atoms with E-state index in [1.807, 2.05) is 0 Å². The van der Waals surface area contributed by atoms with Crippen molar-refractivity contribution in [1.29, 1.82) is 0 Å². The molecule has 0 aliphatic carbocycles. The molecule has 1 aromatic heterocycles. The van der Waals surface area contributed by atoms with E-state index in [0.29, 0.717) is 6.04 Å². The monoisotopic (exact) mass is 267 g/mol. The minimum absolute atomic E-state index is 0.170. The van der Waals surface area contributed by atoms with Crippen LogP contribution in [0.2, 0.25) is 0 Å². The van der Waals surface area contributed by atoms with Gasteiger partial charge in [0.1, 0.15) is 5.82 Å². The molecule has 3 nitrogen and oxygen atoms in total. The number of nitrogens with zero attached hydrogens (tertiary/aromatic N) is 2. The smallest absolute Gasteiger partial charge is 0.141 e. The Hall–Kier alpha value is -1.00. The molecule has 4 heteroatoms. The third-order valence-electron chi connectivity index (χ3n) is 3.46. The molecule has 0 saturated heterocycles. The Morgan fingerprint density at radius 1 is 1.26 bits per heavy atom. The summed E-state index contributed by atoms with van der Waals surface area (Å²) in [6.07, 6.45) is 3.60. The van der Waals surface area contributed by atoms with Gasteiger partial charge in [-0.05, 0) is 65.9 Å². The highest BCUT2D eigenvalue weighted by Crippen LogP contribution is 2.09. The lowest BCUT2D eigenvalue weighted by Crippen LogP contribution is -2.28. The number of rotatable bonds is 8. The van der Waals surface area contributed by atoms with Crippen LogP contribution in [0.25, 0.3) is 0 Å². The lowest BCUT2D eigenvalue weighted by Gasteiger charge is -2.21. The van der Waals surface area contributed by atoms with Crippen molar-refractivity contribution in [3.8, 4) is 0 Å². The van der Waals surface area contributed by atoms with Gasteiger partial charge in [-0.15, -0.1) is 0 Å². The third-order valence-corrected chi connectivity index (χ3v) is 3.46. The van der Waals surface area contributed by atoms with Gasteiger partial charge in [0.15, 0.2) is 0 Å². The average molecular weight is 267 g/mol. The topological polar surface area (TPSA) is 28.2 Å². The van der Waals surface area contributed by atoms with E-state index in [0.717, 1.165) is 25.2 Å². The van der Waals surface area contributed by atoms with Crippen LogP contribution >= 0.6 is 0 Å². The standard InChI is InChI=1S/C15H26FN3/c1-12(2)19(4)10-6-5-9-17-13(3)15-8-7-14(16)11-18-15/h7-8,11-13,17H,5-6,9-10H2,1-4H3. The summed E-state index contributed by atoms with van der Waals surface area (Å²) in [5.41, 5.74) is 0.890. The van der Waals surface area contributed by atoms with Gasteiger partial charge < -0.3 is 10.2 Å². The summed E-state index contributed by atoms with van der Waals surface area (Å²) in [6.45, 7) is 8.57. The normalized spacial score (nSPS) is 13.2. The highest BCUT2D eigenvalue weighted by Gasteiger charge is 2.06. The van der Waals surface area contributed by atoms with E-state index in [1.54, 1.807) is 6.07 Å². The molecule has 0 saturated carbocycles. The second kappa shape index (κ2) is 8.23. The van der Waals surface area contributed by atoms with Crippen LogP contribution in [0.15, 0.2) is 18.3 Å². The molecule has 0 amide bonds. The van der Waals surface area contributed by atoms with Crippen LogP contribution in [0.5, 0.6) is 0 Å². The summed E-state index contributed by atoms with van der Waals surface area (Å²) < 4.78 is 12.8. The van der Waals surface area contributed by atoms with Crippen molar-refractivity contribution in [1.82, 2.24) is 15.2 Å². The second-order valence-corrected chi connectivity index (χ2v) is 5.36. The lowest BCUT2D eigenvalue weighted by atomic mass is 10.2. The molecule has 0 aliphatic heterocycles. The van der Waals surface area contributed by atoms with Gasteiger partial charge in [0, 0.05) is 12.1 Å². The highest BCUT2D eigenvalue weighted by molar-refractivity contribution is 5.08. The Morgan fingerprint density at radius 3 is 2.58 bits per heavy atom. The Labute approximate surface area is 116 Å². The Kier molecular flexibility index (Phi) is 6.95. The summed E-state index contributed by atoms with van der Waals surface area (Å²) in [7, 11) is 2.16. The molecule has 0 fully saturated rings. The predicted molar refractivity (Wildman–Crippen MR) is 77.6 cm³/mol. The zero-order chi connectivity index (χ0) is 14.3. The van der Waals surface area contributed by atoms with Crippen LogP contribution in [0, 0.1) is 5.82 Å². The van der Waals surface area contributed by atoms with Crippen molar-refractivity contribution in [2.24, 2.45) is 0 Å². The molecule has 0 bridgehead atoms. The molecular weight excluding hydrogens is 241 g/mol. The van der Waals surface area contributed by atoms with Crippen molar-refractivity contribution in [2.45, 2.75) is 45.7 Å². The van der Waals surface area contributed by atoms with E-state index in [-0.39, 0.29) is 11.9 Å². The minimum atomic E-state index is -0.285. The van der Waals surface area contributed by atoms with Gasteiger partial charge in [0.25, 0.3) is 0 Å². The number of aromatic nitrogens is 1.